The van der Waals surface area contributed by atoms with Crippen LogP contribution in [-0.2, 0) is 0 Å². The van der Waals surface area contributed by atoms with E-state index < -0.39 is 0 Å². The Morgan fingerprint density at radius 1 is 1.13 bits per heavy atom. The van der Waals surface area contributed by atoms with Crippen LogP contribution >= 0.6 is 12.6 Å². The summed E-state index contributed by atoms with van der Waals surface area (Å²) in [5.41, 5.74) is 0.569. The van der Waals surface area contributed by atoms with Crippen molar-refractivity contribution in [3.8, 4) is 11.4 Å². The Kier molecular flexibility index (Phi) is 2.51. The lowest BCUT2D eigenvalue weighted by atomic mass is 10.3. The van der Waals surface area contributed by atoms with Crippen molar-refractivity contribution in [3.63, 3.8) is 0 Å². The normalized spacial score (nSPS) is 10.2. The minimum Gasteiger partial charge on any atom is -0.508 e. The first-order valence-electron chi connectivity index (χ1n) is 4.38. The maximum atomic E-state index is 11.6. The molecule has 0 unspecified atom stereocenters. The number of aromatic nitrogens is 1. The van der Waals surface area contributed by atoms with Gasteiger partial charge in [-0.05, 0) is 30.3 Å². The van der Waals surface area contributed by atoms with E-state index in [0.29, 0.717) is 10.6 Å². The van der Waals surface area contributed by atoms with Crippen molar-refractivity contribution in [1.82, 2.24) is 4.57 Å². The van der Waals surface area contributed by atoms with E-state index in [9.17, 15) is 4.79 Å². The van der Waals surface area contributed by atoms with Crippen LogP contribution in [-0.4, -0.2) is 9.67 Å². The molecule has 0 saturated carbocycles. The molecule has 1 aromatic carbocycles. The van der Waals surface area contributed by atoms with E-state index in [1.54, 1.807) is 24.4 Å². The Hall–Kier alpha value is -1.68. The fourth-order valence-electron chi connectivity index (χ4n) is 1.30. The molecule has 0 amide bonds. The van der Waals surface area contributed by atoms with Crippen LogP contribution in [0.4, 0.5) is 0 Å². The third kappa shape index (κ3) is 2.05. The summed E-state index contributed by atoms with van der Waals surface area (Å²) in [5.74, 6) is 0.178. The highest BCUT2D eigenvalue weighted by atomic mass is 32.1. The summed E-state index contributed by atoms with van der Waals surface area (Å²) in [6.45, 7) is 0. The minimum atomic E-state index is -0.145. The van der Waals surface area contributed by atoms with Gasteiger partial charge in [0.1, 0.15) is 5.75 Å². The Labute approximate surface area is 92.0 Å². The van der Waals surface area contributed by atoms with Gasteiger partial charge in [0.25, 0.3) is 5.56 Å². The van der Waals surface area contributed by atoms with Crippen molar-refractivity contribution >= 4 is 12.6 Å². The number of phenols is 1. The zero-order chi connectivity index (χ0) is 10.8. The van der Waals surface area contributed by atoms with Crippen molar-refractivity contribution in [2.24, 2.45) is 0 Å². The van der Waals surface area contributed by atoms with E-state index in [1.807, 2.05) is 0 Å². The molecule has 0 radical (unpaired) electrons. The minimum absolute atomic E-state index is 0.145. The summed E-state index contributed by atoms with van der Waals surface area (Å²) in [7, 11) is 0. The monoisotopic (exact) mass is 219 g/mol. The summed E-state index contributed by atoms with van der Waals surface area (Å²) in [6.07, 6.45) is 1.65. The number of hydrogen-bond acceptors (Lipinski definition) is 3. The molecule has 0 spiro atoms. The number of aromatic hydroxyl groups is 1. The van der Waals surface area contributed by atoms with Gasteiger partial charge in [0.05, 0.1) is 0 Å². The van der Waals surface area contributed by atoms with E-state index in [1.165, 1.54) is 22.8 Å². The molecule has 0 fully saturated rings. The van der Waals surface area contributed by atoms with Crippen LogP contribution in [0.1, 0.15) is 0 Å². The second kappa shape index (κ2) is 3.82. The average Bonchev–Trinajstić information content (AvgIpc) is 2.20. The van der Waals surface area contributed by atoms with Crippen molar-refractivity contribution in [2.45, 2.75) is 4.90 Å². The van der Waals surface area contributed by atoms with Crippen molar-refractivity contribution < 1.29 is 5.11 Å². The maximum absolute atomic E-state index is 11.6. The number of nitrogens with zero attached hydrogens (tertiary/aromatic N) is 1. The molecular weight excluding hydrogens is 210 g/mol. The number of benzene rings is 1. The van der Waals surface area contributed by atoms with Crippen molar-refractivity contribution in [1.29, 1.82) is 0 Å². The van der Waals surface area contributed by atoms with Gasteiger partial charge in [0.15, 0.2) is 0 Å². The second-order valence-electron chi connectivity index (χ2n) is 3.11. The van der Waals surface area contributed by atoms with Gasteiger partial charge < -0.3 is 5.11 Å². The molecule has 1 N–H and O–H groups in total. The van der Waals surface area contributed by atoms with E-state index in [-0.39, 0.29) is 11.3 Å². The molecule has 0 aliphatic heterocycles. The highest BCUT2D eigenvalue weighted by Crippen LogP contribution is 2.12. The lowest BCUT2D eigenvalue weighted by molar-refractivity contribution is 0.475. The number of phenolic OH excluding ortho intramolecular Hbond substituents is 1. The van der Waals surface area contributed by atoms with Gasteiger partial charge in [-0.3, -0.25) is 9.36 Å². The first-order valence-corrected chi connectivity index (χ1v) is 4.82. The quantitative estimate of drug-likeness (QED) is 0.718. The largest absolute Gasteiger partial charge is 0.508 e. The smallest absolute Gasteiger partial charge is 0.256 e. The topological polar surface area (TPSA) is 42.2 Å². The number of hydrogen-bond donors (Lipinski definition) is 2. The molecule has 0 aliphatic carbocycles. The molecule has 4 heteroatoms. The van der Waals surface area contributed by atoms with E-state index >= 15 is 0 Å². The second-order valence-corrected chi connectivity index (χ2v) is 3.63. The van der Waals surface area contributed by atoms with Crippen LogP contribution in [0.15, 0.2) is 52.3 Å². The lowest BCUT2D eigenvalue weighted by Crippen LogP contribution is -2.15. The van der Waals surface area contributed by atoms with Crippen LogP contribution in [0.5, 0.6) is 5.75 Å². The molecule has 1 heterocycles. The van der Waals surface area contributed by atoms with Crippen LogP contribution < -0.4 is 5.56 Å². The standard InChI is InChI=1S/C11H9NO2S/c13-9-3-1-8(2-4-9)12-6-5-10(15)7-11(12)14/h1-7,13,15H. The molecule has 0 bridgehead atoms. The Balaban J connectivity index is 2.55. The fourth-order valence-corrected chi connectivity index (χ4v) is 1.47. The van der Waals surface area contributed by atoms with Crippen LogP contribution in [0.2, 0.25) is 0 Å². The average molecular weight is 219 g/mol. The fraction of sp³-hybridized carbons (Fsp3) is 0. The molecule has 1 aromatic heterocycles. The Bertz CT molecular complexity index is 531. The van der Waals surface area contributed by atoms with Gasteiger partial charge in [-0.15, -0.1) is 12.6 Å². The molecular formula is C11H9NO2S. The summed E-state index contributed by atoms with van der Waals surface area (Å²) in [5, 5.41) is 9.12. The number of pyridine rings is 1. The third-order valence-corrected chi connectivity index (χ3v) is 2.31. The first-order chi connectivity index (χ1) is 7.16. The molecule has 0 atom stereocenters. The molecule has 0 saturated heterocycles. The zero-order valence-electron chi connectivity index (χ0n) is 7.79. The maximum Gasteiger partial charge on any atom is 0.256 e. The summed E-state index contributed by atoms with van der Waals surface area (Å²) < 4.78 is 1.49. The van der Waals surface area contributed by atoms with Crippen LogP contribution in [0, 0.1) is 0 Å². The highest BCUT2D eigenvalue weighted by Gasteiger charge is 1.99. The predicted octanol–water partition coefficient (Wildman–Crippen LogP) is 1.83. The summed E-state index contributed by atoms with van der Waals surface area (Å²) >= 11 is 4.08. The number of rotatable bonds is 1. The van der Waals surface area contributed by atoms with E-state index in [2.05, 4.69) is 12.6 Å². The highest BCUT2D eigenvalue weighted by molar-refractivity contribution is 7.80. The Morgan fingerprint density at radius 3 is 2.40 bits per heavy atom. The van der Waals surface area contributed by atoms with Crippen LogP contribution in [0.3, 0.4) is 0 Å². The van der Waals surface area contributed by atoms with Crippen LogP contribution in [0.25, 0.3) is 5.69 Å². The Morgan fingerprint density at radius 2 is 1.80 bits per heavy atom. The molecule has 2 aromatic rings. The van der Waals surface area contributed by atoms with Gasteiger partial charge in [0, 0.05) is 22.8 Å². The molecule has 0 aliphatic rings. The van der Waals surface area contributed by atoms with Gasteiger partial charge in [0.2, 0.25) is 0 Å². The van der Waals surface area contributed by atoms with Gasteiger partial charge in [-0.1, -0.05) is 0 Å². The van der Waals surface area contributed by atoms with Crippen molar-refractivity contribution in [2.75, 3.05) is 0 Å². The SMILES string of the molecule is O=c1cc(S)ccn1-c1ccc(O)cc1. The van der Waals surface area contributed by atoms with Gasteiger partial charge in [-0.2, -0.15) is 0 Å². The third-order valence-electron chi connectivity index (χ3n) is 2.03. The summed E-state index contributed by atoms with van der Waals surface area (Å²) in [6, 6.07) is 9.60. The lowest BCUT2D eigenvalue weighted by Gasteiger charge is -2.05. The molecule has 3 nitrogen and oxygen atoms in total. The van der Waals surface area contributed by atoms with Gasteiger partial charge in [-0.25, -0.2) is 0 Å². The molecule has 76 valence electrons. The zero-order valence-corrected chi connectivity index (χ0v) is 8.69. The number of thiol groups is 1. The van der Waals surface area contributed by atoms with E-state index in [0.717, 1.165) is 0 Å². The first kappa shape index (κ1) is 9.86. The molecule has 15 heavy (non-hydrogen) atoms. The van der Waals surface area contributed by atoms with Gasteiger partial charge >= 0.3 is 0 Å². The predicted molar refractivity (Wildman–Crippen MR) is 61.0 cm³/mol. The summed E-state index contributed by atoms with van der Waals surface area (Å²) in [4.78, 5) is 12.2. The molecule has 2 rings (SSSR count). The van der Waals surface area contributed by atoms with Crippen molar-refractivity contribution in [3.05, 3.63) is 52.9 Å². The van der Waals surface area contributed by atoms with E-state index in [4.69, 9.17) is 5.11 Å².